The van der Waals surface area contributed by atoms with Crippen LogP contribution in [0.1, 0.15) is 37.5 Å². The van der Waals surface area contributed by atoms with E-state index >= 15 is 0 Å². The minimum atomic E-state index is -0.569. The van der Waals surface area contributed by atoms with Crippen LogP contribution in [0.3, 0.4) is 0 Å². The summed E-state index contributed by atoms with van der Waals surface area (Å²) in [5.74, 6) is 0.934. The van der Waals surface area contributed by atoms with E-state index in [9.17, 15) is 5.11 Å². The third kappa shape index (κ3) is 2.20. The quantitative estimate of drug-likeness (QED) is 0.800. The summed E-state index contributed by atoms with van der Waals surface area (Å²) in [5, 5.41) is 9.67. The average molecular weight is 221 g/mol. The van der Waals surface area contributed by atoms with Gasteiger partial charge in [-0.2, -0.15) is 0 Å². The van der Waals surface area contributed by atoms with Crippen LogP contribution in [-0.2, 0) is 6.42 Å². The fraction of sp³-hybridized carbons (Fsp3) is 0.538. The third-order valence-corrected chi connectivity index (χ3v) is 3.08. The number of rotatable bonds is 2. The third-order valence-electron chi connectivity index (χ3n) is 3.08. The van der Waals surface area contributed by atoms with Gasteiger partial charge in [-0.3, -0.25) is 0 Å². The highest BCUT2D eigenvalue weighted by Crippen LogP contribution is 2.34. The molecular formula is C13H19NO2. The van der Waals surface area contributed by atoms with Crippen LogP contribution >= 0.6 is 0 Å². The van der Waals surface area contributed by atoms with Crippen LogP contribution in [0.25, 0.3) is 0 Å². The average Bonchev–Trinajstić information content (AvgIpc) is 2.26. The number of fused-ring (bicyclic) bond motifs is 1. The Morgan fingerprint density at radius 3 is 2.94 bits per heavy atom. The lowest BCUT2D eigenvalue weighted by atomic mass is 9.92. The second kappa shape index (κ2) is 4.07. The minimum Gasteiger partial charge on any atom is -0.488 e. The Balaban J connectivity index is 2.28. The number of hydrogen-bond donors (Lipinski definition) is 2. The van der Waals surface area contributed by atoms with E-state index in [0.717, 1.165) is 24.2 Å². The molecule has 1 aliphatic rings. The zero-order valence-electron chi connectivity index (χ0n) is 9.86. The van der Waals surface area contributed by atoms with Crippen LogP contribution in [0.4, 0.5) is 0 Å². The molecule has 0 spiro atoms. The molecule has 3 N–H and O–H groups in total. The van der Waals surface area contributed by atoms with Gasteiger partial charge in [-0.25, -0.2) is 0 Å². The van der Waals surface area contributed by atoms with Gasteiger partial charge in [0.25, 0.3) is 0 Å². The Morgan fingerprint density at radius 1 is 1.50 bits per heavy atom. The molecule has 2 rings (SSSR count). The topological polar surface area (TPSA) is 55.5 Å². The lowest BCUT2D eigenvalue weighted by Gasteiger charge is -2.33. The van der Waals surface area contributed by atoms with Crippen molar-refractivity contribution in [2.75, 3.05) is 6.54 Å². The van der Waals surface area contributed by atoms with Gasteiger partial charge in [0.15, 0.2) is 0 Å². The summed E-state index contributed by atoms with van der Waals surface area (Å²) in [6.45, 7) is 4.45. The van der Waals surface area contributed by atoms with Crippen LogP contribution in [-0.4, -0.2) is 17.3 Å². The van der Waals surface area contributed by atoms with E-state index < -0.39 is 6.10 Å². The molecule has 0 saturated carbocycles. The predicted octanol–water partition coefficient (Wildman–Crippen LogP) is 1.78. The van der Waals surface area contributed by atoms with E-state index in [1.54, 1.807) is 0 Å². The molecule has 3 heteroatoms. The Kier molecular flexibility index (Phi) is 2.91. The second-order valence-corrected chi connectivity index (χ2v) is 4.98. The standard InChI is InChI=1S/C13H19NO2/c1-13(2)6-5-10-7-9(11(15)8-14)3-4-12(10)16-13/h3-4,7,11,15H,5-6,8,14H2,1-2H3/t11-/m1/s1. The number of hydrogen-bond acceptors (Lipinski definition) is 3. The lowest BCUT2D eigenvalue weighted by molar-refractivity contribution is 0.0844. The number of ether oxygens (including phenoxy) is 1. The summed E-state index contributed by atoms with van der Waals surface area (Å²) in [6, 6.07) is 5.82. The molecule has 1 aromatic rings. The summed E-state index contributed by atoms with van der Waals surface area (Å²) >= 11 is 0. The molecule has 0 fully saturated rings. The Labute approximate surface area is 96.2 Å². The van der Waals surface area contributed by atoms with Crippen molar-refractivity contribution in [1.82, 2.24) is 0 Å². The van der Waals surface area contributed by atoms with Crippen molar-refractivity contribution < 1.29 is 9.84 Å². The number of nitrogens with two attached hydrogens (primary N) is 1. The number of benzene rings is 1. The highest BCUT2D eigenvalue weighted by Gasteiger charge is 2.26. The van der Waals surface area contributed by atoms with Crippen molar-refractivity contribution in [1.29, 1.82) is 0 Å². The maximum absolute atomic E-state index is 9.67. The van der Waals surface area contributed by atoms with Gasteiger partial charge >= 0.3 is 0 Å². The normalized spacial score (nSPS) is 19.8. The molecule has 88 valence electrons. The van der Waals surface area contributed by atoms with E-state index in [2.05, 4.69) is 13.8 Å². The highest BCUT2D eigenvalue weighted by molar-refractivity contribution is 5.40. The van der Waals surface area contributed by atoms with Gasteiger partial charge in [-0.05, 0) is 49.9 Å². The first-order chi connectivity index (χ1) is 7.52. The van der Waals surface area contributed by atoms with E-state index in [4.69, 9.17) is 10.5 Å². The predicted molar refractivity (Wildman–Crippen MR) is 63.5 cm³/mol. The Bertz CT molecular complexity index is 388. The van der Waals surface area contributed by atoms with Gasteiger partial charge in [-0.1, -0.05) is 6.07 Å². The summed E-state index contributed by atoms with van der Waals surface area (Å²) in [6.07, 6.45) is 1.43. The molecule has 1 heterocycles. The Morgan fingerprint density at radius 2 is 2.25 bits per heavy atom. The smallest absolute Gasteiger partial charge is 0.123 e. The number of aliphatic hydroxyl groups is 1. The van der Waals surface area contributed by atoms with E-state index in [1.807, 2.05) is 18.2 Å². The molecule has 1 aliphatic heterocycles. The molecule has 0 radical (unpaired) electrons. The monoisotopic (exact) mass is 221 g/mol. The van der Waals surface area contributed by atoms with Crippen LogP contribution in [0, 0.1) is 0 Å². The van der Waals surface area contributed by atoms with Gasteiger partial charge in [-0.15, -0.1) is 0 Å². The molecule has 3 nitrogen and oxygen atoms in total. The van der Waals surface area contributed by atoms with Crippen molar-refractivity contribution >= 4 is 0 Å². The van der Waals surface area contributed by atoms with Crippen LogP contribution < -0.4 is 10.5 Å². The van der Waals surface area contributed by atoms with Crippen LogP contribution in [0.2, 0.25) is 0 Å². The van der Waals surface area contributed by atoms with E-state index in [-0.39, 0.29) is 12.1 Å². The SMILES string of the molecule is CC1(C)CCc2cc([C@H](O)CN)ccc2O1. The summed E-state index contributed by atoms with van der Waals surface area (Å²) in [7, 11) is 0. The molecular weight excluding hydrogens is 202 g/mol. The van der Waals surface area contributed by atoms with Gasteiger partial charge in [0.1, 0.15) is 11.4 Å². The largest absolute Gasteiger partial charge is 0.488 e. The molecule has 0 bridgehead atoms. The van der Waals surface area contributed by atoms with Gasteiger partial charge in [0, 0.05) is 6.54 Å². The molecule has 16 heavy (non-hydrogen) atoms. The number of aliphatic hydroxyl groups excluding tert-OH is 1. The molecule has 0 aromatic heterocycles. The highest BCUT2D eigenvalue weighted by atomic mass is 16.5. The lowest BCUT2D eigenvalue weighted by Crippen LogP contribution is -2.32. The molecule has 1 atom stereocenters. The first-order valence-electron chi connectivity index (χ1n) is 5.72. The second-order valence-electron chi connectivity index (χ2n) is 4.98. The van der Waals surface area contributed by atoms with Crippen LogP contribution in [0.5, 0.6) is 5.75 Å². The molecule has 0 saturated heterocycles. The van der Waals surface area contributed by atoms with E-state index in [0.29, 0.717) is 0 Å². The molecule has 0 aliphatic carbocycles. The van der Waals surface area contributed by atoms with Crippen molar-refractivity contribution in [3.63, 3.8) is 0 Å². The zero-order valence-corrected chi connectivity index (χ0v) is 9.86. The molecule has 1 aromatic carbocycles. The fourth-order valence-electron chi connectivity index (χ4n) is 2.02. The van der Waals surface area contributed by atoms with Gasteiger partial charge in [0.05, 0.1) is 6.10 Å². The van der Waals surface area contributed by atoms with Crippen molar-refractivity contribution in [3.8, 4) is 5.75 Å². The van der Waals surface area contributed by atoms with Crippen molar-refractivity contribution in [2.24, 2.45) is 5.73 Å². The van der Waals surface area contributed by atoms with Crippen LogP contribution in [0.15, 0.2) is 18.2 Å². The maximum atomic E-state index is 9.67. The fourth-order valence-corrected chi connectivity index (χ4v) is 2.02. The van der Waals surface area contributed by atoms with E-state index in [1.165, 1.54) is 5.56 Å². The molecule has 0 unspecified atom stereocenters. The zero-order chi connectivity index (χ0) is 11.8. The van der Waals surface area contributed by atoms with Crippen molar-refractivity contribution in [3.05, 3.63) is 29.3 Å². The summed E-state index contributed by atoms with van der Waals surface area (Å²) in [5.41, 5.74) is 7.41. The Hall–Kier alpha value is -1.06. The minimum absolute atomic E-state index is 0.0823. The summed E-state index contributed by atoms with van der Waals surface area (Å²) < 4.78 is 5.87. The first kappa shape index (κ1) is 11.4. The van der Waals surface area contributed by atoms with Gasteiger partial charge < -0.3 is 15.6 Å². The summed E-state index contributed by atoms with van der Waals surface area (Å²) in [4.78, 5) is 0. The first-order valence-corrected chi connectivity index (χ1v) is 5.72. The maximum Gasteiger partial charge on any atom is 0.123 e. The number of aryl methyl sites for hydroxylation is 1. The molecule has 0 amide bonds. The van der Waals surface area contributed by atoms with Crippen molar-refractivity contribution in [2.45, 2.75) is 38.4 Å². The van der Waals surface area contributed by atoms with Gasteiger partial charge in [0.2, 0.25) is 0 Å².